The lowest BCUT2D eigenvalue weighted by molar-refractivity contribution is -0.118. The fourth-order valence-corrected chi connectivity index (χ4v) is 3.58. The maximum atomic E-state index is 12.7. The maximum Gasteiger partial charge on any atom is 0.271 e. The molecular formula is C31H29N3O5. The second kappa shape index (κ2) is 13.4. The Morgan fingerprint density at radius 3 is 2.33 bits per heavy atom. The van der Waals surface area contributed by atoms with Crippen LogP contribution in [0.5, 0.6) is 17.2 Å². The second-order valence-corrected chi connectivity index (χ2v) is 8.58. The first-order valence-electron chi connectivity index (χ1n) is 12.3. The highest BCUT2D eigenvalue weighted by Crippen LogP contribution is 2.29. The van der Waals surface area contributed by atoms with Crippen molar-refractivity contribution in [2.45, 2.75) is 13.5 Å². The number of methoxy groups -OCH3 is 1. The van der Waals surface area contributed by atoms with Gasteiger partial charge in [0.2, 0.25) is 0 Å². The minimum absolute atomic E-state index is 0.177. The molecule has 0 aliphatic carbocycles. The number of amides is 2. The number of benzene rings is 4. The zero-order valence-electron chi connectivity index (χ0n) is 21.7. The number of aryl methyl sites for hydroxylation is 1. The van der Waals surface area contributed by atoms with Crippen LogP contribution in [0, 0.1) is 6.92 Å². The molecule has 8 nitrogen and oxygen atoms in total. The molecule has 4 aromatic carbocycles. The topological polar surface area (TPSA) is 98.3 Å². The third kappa shape index (κ3) is 7.93. The van der Waals surface area contributed by atoms with E-state index in [2.05, 4.69) is 15.8 Å². The van der Waals surface area contributed by atoms with E-state index in [4.69, 9.17) is 14.2 Å². The van der Waals surface area contributed by atoms with E-state index in [-0.39, 0.29) is 12.5 Å². The van der Waals surface area contributed by atoms with Gasteiger partial charge in [0.05, 0.1) is 13.3 Å². The maximum absolute atomic E-state index is 12.7. The summed E-state index contributed by atoms with van der Waals surface area (Å²) in [6.07, 6.45) is 1.46. The largest absolute Gasteiger partial charge is 0.493 e. The molecule has 198 valence electrons. The molecule has 0 radical (unpaired) electrons. The molecule has 0 heterocycles. The summed E-state index contributed by atoms with van der Waals surface area (Å²) in [6, 6.07) is 29.3. The van der Waals surface area contributed by atoms with Crippen LogP contribution in [0.2, 0.25) is 0 Å². The van der Waals surface area contributed by atoms with Crippen molar-refractivity contribution in [3.05, 3.63) is 119 Å². The normalized spacial score (nSPS) is 10.6. The summed E-state index contributed by atoms with van der Waals surface area (Å²) in [6.45, 7) is 2.18. The molecule has 0 aliphatic rings. The minimum atomic E-state index is -0.421. The number of rotatable bonds is 11. The van der Waals surface area contributed by atoms with Gasteiger partial charge in [-0.1, -0.05) is 60.2 Å². The minimum Gasteiger partial charge on any atom is -0.493 e. The molecule has 0 atom stereocenters. The number of nitrogens with zero attached hydrogens (tertiary/aromatic N) is 1. The van der Waals surface area contributed by atoms with Crippen molar-refractivity contribution >= 4 is 23.7 Å². The van der Waals surface area contributed by atoms with Crippen molar-refractivity contribution in [2.75, 3.05) is 19.0 Å². The van der Waals surface area contributed by atoms with E-state index in [9.17, 15) is 9.59 Å². The van der Waals surface area contributed by atoms with Crippen LogP contribution in [0.15, 0.2) is 102 Å². The lowest BCUT2D eigenvalue weighted by Crippen LogP contribution is -2.20. The predicted octanol–water partition coefficient (Wildman–Crippen LogP) is 5.36. The summed E-state index contributed by atoms with van der Waals surface area (Å²) >= 11 is 0. The molecule has 2 amide bonds. The Balaban J connectivity index is 1.33. The van der Waals surface area contributed by atoms with Crippen molar-refractivity contribution < 1.29 is 23.8 Å². The van der Waals surface area contributed by atoms with E-state index >= 15 is 0 Å². The number of carbonyl (C=O) groups excluding carboxylic acids is 2. The van der Waals surface area contributed by atoms with Gasteiger partial charge in [-0.3, -0.25) is 9.59 Å². The summed E-state index contributed by atoms with van der Waals surface area (Å²) in [5.74, 6) is 0.708. The number of para-hydroxylation sites is 1. The molecule has 4 aromatic rings. The van der Waals surface area contributed by atoms with Crippen LogP contribution in [-0.4, -0.2) is 31.7 Å². The highest BCUT2D eigenvalue weighted by Gasteiger charge is 2.12. The zero-order valence-corrected chi connectivity index (χ0v) is 21.7. The van der Waals surface area contributed by atoms with E-state index in [1.54, 1.807) is 42.5 Å². The van der Waals surface area contributed by atoms with Crippen LogP contribution < -0.4 is 25.0 Å². The Labute approximate surface area is 227 Å². The van der Waals surface area contributed by atoms with Gasteiger partial charge in [-0.2, -0.15) is 5.10 Å². The van der Waals surface area contributed by atoms with E-state index in [0.717, 1.165) is 11.1 Å². The molecule has 39 heavy (non-hydrogen) atoms. The Morgan fingerprint density at radius 1 is 0.821 bits per heavy atom. The molecule has 0 aliphatic heterocycles. The van der Waals surface area contributed by atoms with E-state index in [1.165, 1.54) is 13.3 Å². The van der Waals surface area contributed by atoms with Crippen LogP contribution in [0.1, 0.15) is 27.0 Å². The van der Waals surface area contributed by atoms with Crippen LogP contribution >= 0.6 is 0 Å². The third-order valence-corrected chi connectivity index (χ3v) is 5.65. The fraction of sp³-hybridized carbons (Fsp3) is 0.129. The number of hydrogen-bond donors (Lipinski definition) is 2. The number of ether oxygens (including phenoxy) is 3. The van der Waals surface area contributed by atoms with Crippen LogP contribution in [0.4, 0.5) is 5.69 Å². The Hall–Kier alpha value is -5.11. The molecule has 0 aromatic heterocycles. The van der Waals surface area contributed by atoms with Gasteiger partial charge < -0.3 is 19.5 Å². The van der Waals surface area contributed by atoms with Gasteiger partial charge in [-0.25, -0.2) is 5.43 Å². The first-order valence-corrected chi connectivity index (χ1v) is 12.3. The SMILES string of the molecule is COc1cc(C(=O)N/N=C/c2ccccc2OCC(=O)Nc2ccc(C)cc2)ccc1OCc1ccccc1. The molecule has 0 bridgehead atoms. The van der Waals surface area contributed by atoms with Crippen molar-refractivity contribution in [2.24, 2.45) is 5.10 Å². The Morgan fingerprint density at radius 2 is 1.56 bits per heavy atom. The van der Waals surface area contributed by atoms with Crippen molar-refractivity contribution in [3.8, 4) is 17.2 Å². The summed E-state index contributed by atoms with van der Waals surface area (Å²) in [7, 11) is 1.52. The number of nitrogens with one attached hydrogen (secondary N) is 2. The molecule has 8 heteroatoms. The molecule has 0 unspecified atom stereocenters. The molecular weight excluding hydrogens is 494 g/mol. The van der Waals surface area contributed by atoms with E-state index in [0.29, 0.717) is 40.7 Å². The average Bonchev–Trinajstić information content (AvgIpc) is 2.97. The highest BCUT2D eigenvalue weighted by atomic mass is 16.5. The number of hydrazone groups is 1. The van der Waals surface area contributed by atoms with Gasteiger partial charge >= 0.3 is 0 Å². The van der Waals surface area contributed by atoms with Crippen LogP contribution in [0.25, 0.3) is 0 Å². The summed E-state index contributed by atoms with van der Waals surface area (Å²) in [5.41, 5.74) is 6.28. The van der Waals surface area contributed by atoms with Gasteiger partial charge in [-0.15, -0.1) is 0 Å². The highest BCUT2D eigenvalue weighted by molar-refractivity contribution is 5.96. The van der Waals surface area contributed by atoms with Gasteiger partial charge in [-0.05, 0) is 55.0 Å². The molecule has 0 spiro atoms. The third-order valence-electron chi connectivity index (χ3n) is 5.65. The fourth-order valence-electron chi connectivity index (χ4n) is 3.58. The van der Waals surface area contributed by atoms with Gasteiger partial charge in [0.1, 0.15) is 12.4 Å². The second-order valence-electron chi connectivity index (χ2n) is 8.58. The Kier molecular flexibility index (Phi) is 9.28. The van der Waals surface area contributed by atoms with Gasteiger partial charge in [0.25, 0.3) is 11.8 Å². The number of anilines is 1. The smallest absolute Gasteiger partial charge is 0.271 e. The quantitative estimate of drug-likeness (QED) is 0.204. The first-order chi connectivity index (χ1) is 19.0. The predicted molar refractivity (Wildman–Crippen MR) is 151 cm³/mol. The summed E-state index contributed by atoms with van der Waals surface area (Å²) in [4.78, 5) is 25.0. The first kappa shape index (κ1) is 26.9. The van der Waals surface area contributed by atoms with Gasteiger partial charge in [0, 0.05) is 16.8 Å². The average molecular weight is 524 g/mol. The summed E-state index contributed by atoms with van der Waals surface area (Å²) < 4.78 is 16.9. The van der Waals surface area contributed by atoms with E-state index in [1.807, 2.05) is 61.5 Å². The molecule has 0 saturated carbocycles. The molecule has 0 fully saturated rings. The van der Waals surface area contributed by atoms with E-state index < -0.39 is 5.91 Å². The lowest BCUT2D eigenvalue weighted by atomic mass is 10.2. The van der Waals surface area contributed by atoms with Crippen molar-refractivity contribution in [3.63, 3.8) is 0 Å². The molecule has 4 rings (SSSR count). The molecule has 2 N–H and O–H groups in total. The van der Waals surface area contributed by atoms with Crippen LogP contribution in [-0.2, 0) is 11.4 Å². The number of hydrogen-bond acceptors (Lipinski definition) is 6. The lowest BCUT2D eigenvalue weighted by Gasteiger charge is -2.12. The standard InChI is InChI=1S/C31H29N3O5/c1-22-12-15-26(16-13-22)33-30(35)21-39-27-11-7-6-10-25(27)19-32-34-31(36)24-14-17-28(29(18-24)37-2)38-20-23-8-4-3-5-9-23/h3-19H,20-21H2,1-2H3,(H,33,35)(H,34,36)/b32-19+. The Bertz CT molecular complexity index is 1440. The molecule has 0 saturated heterocycles. The summed E-state index contributed by atoms with van der Waals surface area (Å²) in [5, 5.41) is 6.85. The zero-order chi connectivity index (χ0) is 27.5. The van der Waals surface area contributed by atoms with Crippen molar-refractivity contribution in [1.82, 2.24) is 5.43 Å². The van der Waals surface area contributed by atoms with Gasteiger partial charge in [0.15, 0.2) is 18.1 Å². The monoisotopic (exact) mass is 523 g/mol. The number of carbonyl (C=O) groups is 2. The van der Waals surface area contributed by atoms with Crippen LogP contribution in [0.3, 0.4) is 0 Å². The van der Waals surface area contributed by atoms with Crippen molar-refractivity contribution in [1.29, 1.82) is 0 Å².